The highest BCUT2D eigenvalue weighted by molar-refractivity contribution is 6.10. The number of rotatable bonds is 11. The zero-order valence-corrected chi connectivity index (χ0v) is 48.6. The molecule has 8 aromatic carbocycles. The molecule has 79 heavy (non-hydrogen) atoms. The number of anilines is 2. The minimum Gasteiger partial charge on any atom is -0.457 e. The Morgan fingerprint density at radius 3 is 1.46 bits per heavy atom. The van der Waals surface area contributed by atoms with E-state index in [0.29, 0.717) is 6.67 Å². The molecule has 0 atom stereocenters. The number of nitrogens with zero attached hydrogens (tertiary/aromatic N) is 4. The molecular weight excluding hydrogens is 961 g/mol. The van der Waals surface area contributed by atoms with E-state index >= 15 is 0 Å². The topological polar surface area (TPSA) is 33.5 Å². The van der Waals surface area contributed by atoms with Gasteiger partial charge in [0.1, 0.15) is 17.3 Å². The van der Waals surface area contributed by atoms with Crippen molar-refractivity contribution in [3.63, 3.8) is 0 Å². The molecule has 0 unspecified atom stereocenters. The second-order valence-electron chi connectivity index (χ2n) is 25.9. The number of hydrogen-bond donors (Lipinski definition) is 0. The second kappa shape index (κ2) is 19.9. The van der Waals surface area contributed by atoms with Gasteiger partial charge in [-0.25, -0.2) is 4.98 Å². The lowest BCUT2D eigenvalue weighted by Gasteiger charge is -2.35. The third-order valence-corrected chi connectivity index (χ3v) is 16.4. The average molecular weight is 1040 g/mol. The average Bonchev–Trinajstić information content (AvgIpc) is 4.09. The summed E-state index contributed by atoms with van der Waals surface area (Å²) in [5.41, 5.74) is 16.8. The summed E-state index contributed by atoms with van der Waals surface area (Å²) in [7, 11) is 0. The Bertz CT molecular complexity index is 3880. The fraction of sp³-hybridized carbons (Fsp3) is 0.257. The van der Waals surface area contributed by atoms with Crippen molar-refractivity contribution in [3.8, 4) is 39.6 Å². The van der Waals surface area contributed by atoms with Gasteiger partial charge in [-0.2, -0.15) is 0 Å². The van der Waals surface area contributed by atoms with Gasteiger partial charge in [-0.1, -0.05) is 223 Å². The molecule has 0 bridgehead atoms. The van der Waals surface area contributed by atoms with Crippen molar-refractivity contribution in [2.45, 2.75) is 106 Å². The van der Waals surface area contributed by atoms with Crippen LogP contribution in [0.2, 0.25) is 0 Å². The first-order chi connectivity index (χ1) is 37.6. The predicted molar refractivity (Wildman–Crippen MR) is 334 cm³/mol. The summed E-state index contributed by atoms with van der Waals surface area (Å²) in [6, 6.07) is 75.1. The first-order valence-corrected chi connectivity index (χ1v) is 28.1. The molecule has 398 valence electrons. The van der Waals surface area contributed by atoms with E-state index in [9.17, 15) is 0 Å². The Kier molecular flexibility index (Phi) is 13.4. The molecule has 5 nitrogen and oxygen atoms in total. The molecule has 0 spiro atoms. The normalized spacial score (nSPS) is 13.7. The zero-order chi connectivity index (χ0) is 55.6. The van der Waals surface area contributed by atoms with Crippen LogP contribution >= 0.6 is 0 Å². The molecule has 5 heteroatoms. The molecule has 0 fully saturated rings. The lowest BCUT2D eigenvalue weighted by Crippen LogP contribution is -2.32. The number of pyridine rings is 1. The number of benzene rings is 8. The molecule has 0 N–H and O–H groups in total. The van der Waals surface area contributed by atoms with Crippen LogP contribution in [0.1, 0.15) is 118 Å². The minimum absolute atomic E-state index is 0.0661. The molecule has 3 heterocycles. The van der Waals surface area contributed by atoms with Crippen molar-refractivity contribution in [1.29, 1.82) is 0 Å². The predicted octanol–water partition coefficient (Wildman–Crippen LogP) is 19.8. The molecule has 0 saturated carbocycles. The van der Waals surface area contributed by atoms with Crippen LogP contribution in [-0.4, -0.2) is 16.2 Å². The van der Waals surface area contributed by atoms with Gasteiger partial charge >= 0.3 is 0 Å². The van der Waals surface area contributed by atoms with Gasteiger partial charge in [0.05, 0.1) is 17.7 Å². The van der Waals surface area contributed by atoms with Gasteiger partial charge < -0.3 is 14.5 Å². The second-order valence-corrected chi connectivity index (χ2v) is 25.9. The summed E-state index contributed by atoms with van der Waals surface area (Å²) in [5, 5.41) is 2.29. The van der Waals surface area contributed by atoms with Crippen LogP contribution < -0.4 is 14.5 Å². The van der Waals surface area contributed by atoms with E-state index in [1.807, 2.05) is 6.20 Å². The number of fused-ring (bicyclic) bond motifs is 3. The summed E-state index contributed by atoms with van der Waals surface area (Å²) < 4.78 is 9.65. The summed E-state index contributed by atoms with van der Waals surface area (Å²) in [6.07, 6.45) is 1.96. The Hall–Kier alpha value is -8.15. The van der Waals surface area contributed by atoms with Crippen molar-refractivity contribution in [2.75, 3.05) is 16.5 Å². The molecule has 0 amide bonds. The molecule has 1 aliphatic rings. The third kappa shape index (κ3) is 10.2. The Morgan fingerprint density at radius 1 is 0.354 bits per heavy atom. The minimum atomic E-state index is -0.365. The molecule has 10 aromatic rings. The molecule has 0 aliphatic carbocycles. The van der Waals surface area contributed by atoms with E-state index in [1.54, 1.807) is 0 Å². The maximum atomic E-state index is 7.33. The Morgan fingerprint density at radius 2 is 0.886 bits per heavy atom. The van der Waals surface area contributed by atoms with Crippen LogP contribution in [0.25, 0.3) is 49.9 Å². The van der Waals surface area contributed by atoms with Crippen molar-refractivity contribution in [1.82, 2.24) is 9.55 Å². The van der Waals surface area contributed by atoms with Gasteiger partial charge in [0, 0.05) is 73.5 Å². The summed E-state index contributed by atoms with van der Waals surface area (Å²) >= 11 is 0. The van der Waals surface area contributed by atoms with Gasteiger partial charge in [-0.05, 0) is 116 Å². The van der Waals surface area contributed by atoms with Crippen molar-refractivity contribution in [2.24, 2.45) is 10.8 Å². The van der Waals surface area contributed by atoms with Gasteiger partial charge in [0.15, 0.2) is 0 Å². The lowest BCUT2D eigenvalue weighted by molar-refractivity contribution is 0.444. The van der Waals surface area contributed by atoms with Gasteiger partial charge in [0.2, 0.25) is 0 Å². The van der Waals surface area contributed by atoms with Crippen LogP contribution in [-0.2, 0) is 16.2 Å². The lowest BCUT2D eigenvalue weighted by atomic mass is 9.77. The molecular formula is C74H76N4O. The largest absolute Gasteiger partial charge is 0.457 e. The fourth-order valence-corrected chi connectivity index (χ4v) is 11.9. The van der Waals surface area contributed by atoms with Crippen LogP contribution in [0.4, 0.5) is 11.4 Å². The number of hydrogen-bond acceptors (Lipinski definition) is 4. The van der Waals surface area contributed by atoms with Crippen molar-refractivity contribution >= 4 is 33.2 Å². The highest BCUT2D eigenvalue weighted by Gasteiger charge is 2.43. The van der Waals surface area contributed by atoms with Crippen LogP contribution in [0.5, 0.6) is 11.5 Å². The van der Waals surface area contributed by atoms with Crippen molar-refractivity contribution < 1.29 is 4.74 Å². The van der Waals surface area contributed by atoms with E-state index in [1.165, 1.54) is 67.2 Å². The van der Waals surface area contributed by atoms with E-state index in [0.717, 1.165) is 44.8 Å². The zero-order valence-electron chi connectivity index (χ0n) is 48.6. The monoisotopic (exact) mass is 1040 g/mol. The van der Waals surface area contributed by atoms with Crippen LogP contribution in [0.15, 0.2) is 224 Å². The number of aromatic nitrogens is 2. The van der Waals surface area contributed by atoms with Crippen LogP contribution in [0.3, 0.4) is 0 Å². The maximum absolute atomic E-state index is 7.33. The first kappa shape index (κ1) is 52.9. The quantitative estimate of drug-likeness (QED) is 0.129. The number of allylic oxidation sites excluding steroid dienone is 2. The summed E-state index contributed by atoms with van der Waals surface area (Å²) in [6.45, 7) is 31.1. The number of ether oxygens (including phenoxy) is 1. The Labute approximate surface area is 469 Å². The van der Waals surface area contributed by atoms with E-state index in [4.69, 9.17) is 9.72 Å². The molecule has 0 radical (unpaired) electrons. The maximum Gasteiger partial charge on any atom is 0.137 e. The van der Waals surface area contributed by atoms with Gasteiger partial charge in [-0.3, -0.25) is 4.57 Å². The molecule has 1 aliphatic heterocycles. The van der Waals surface area contributed by atoms with Gasteiger partial charge in [-0.15, -0.1) is 0 Å². The van der Waals surface area contributed by atoms with E-state index < -0.39 is 0 Å². The highest BCUT2D eigenvalue weighted by atomic mass is 16.5. The van der Waals surface area contributed by atoms with Crippen LogP contribution in [0, 0.1) is 10.8 Å². The molecule has 11 rings (SSSR count). The fourth-order valence-electron chi connectivity index (χ4n) is 11.9. The van der Waals surface area contributed by atoms with Gasteiger partial charge in [0.25, 0.3) is 0 Å². The molecule has 0 saturated heterocycles. The standard InChI is InChI=1S/C74H76N4O/c1-70(2,3)57-40-53(51-28-20-15-21-29-51)41-59(43-57)76-49-77(69(72(7,8)9)68(76)71(4,5)6)60-44-58(74(12,13)55-32-24-17-25-33-55)45-62(47-60)79-61-35-36-63-64-42-52(50-26-18-14-19-27-50)34-37-65(64)78(66(63)48-61)67-46-56(38-39-75-67)73(10,11)54-30-22-16-23-31-54/h14-48H,49H2,1-13H3. The molecule has 2 aromatic heterocycles. The highest BCUT2D eigenvalue weighted by Crippen LogP contribution is 2.51. The Balaban J connectivity index is 1.08. The summed E-state index contributed by atoms with van der Waals surface area (Å²) in [4.78, 5) is 10.3. The first-order valence-electron chi connectivity index (χ1n) is 28.1. The summed E-state index contributed by atoms with van der Waals surface area (Å²) in [5.74, 6) is 2.39. The third-order valence-electron chi connectivity index (χ3n) is 16.4. The van der Waals surface area contributed by atoms with E-state index in [2.05, 4.69) is 311 Å². The SMILES string of the molecule is CC(C)(C)C1=C(C(C)(C)C)N(c2cc(Oc3ccc4c5cc(-c6ccccc6)ccc5n(-c5cc(C(C)(C)c6ccccc6)ccn5)c4c3)cc(C(C)(C)c3ccccc3)c2)CN1c1cc(-c2ccccc2)cc(C(C)(C)C)c1. The van der Waals surface area contributed by atoms with E-state index in [-0.39, 0.29) is 27.1 Å². The van der Waals surface area contributed by atoms with Crippen molar-refractivity contribution in [3.05, 3.63) is 252 Å². The smallest absolute Gasteiger partial charge is 0.137 e.